The largest absolute Gasteiger partial charge is 0.399 e. The minimum atomic E-state index is -0.549. The highest BCUT2D eigenvalue weighted by Gasteiger charge is 2.27. The molecule has 0 fully saturated rings. The van der Waals surface area contributed by atoms with Crippen LogP contribution in [0.2, 0.25) is 0 Å². The van der Waals surface area contributed by atoms with Crippen molar-refractivity contribution >= 4 is 28.6 Å². The molecular weight excluding hydrogens is 290 g/mol. The monoisotopic (exact) mass is 303 g/mol. The fraction of sp³-hybridized carbons (Fsp3) is 0.214. The lowest BCUT2D eigenvalue weighted by Gasteiger charge is -2.27. The molecule has 0 aliphatic carbocycles. The molecule has 2 aromatic rings. The standard InChI is InChI=1S/C14H13N3O3S/c15-10-1-2-12(17(19)20)11(7-10)14(18)16-5-3-13-9(8-16)4-6-21-13/h1-2,4,6-7H,3,5,8,15H2. The second-order valence-corrected chi connectivity index (χ2v) is 5.88. The minimum Gasteiger partial charge on any atom is -0.399 e. The predicted octanol–water partition coefficient (Wildman–Crippen LogP) is 2.44. The molecule has 1 aromatic carbocycles. The maximum absolute atomic E-state index is 12.6. The van der Waals surface area contributed by atoms with Gasteiger partial charge in [0.2, 0.25) is 0 Å². The summed E-state index contributed by atoms with van der Waals surface area (Å²) in [6, 6.07) is 6.08. The molecule has 3 rings (SSSR count). The number of benzene rings is 1. The quantitative estimate of drug-likeness (QED) is 0.524. The van der Waals surface area contributed by atoms with Gasteiger partial charge in [-0.2, -0.15) is 0 Å². The van der Waals surface area contributed by atoms with Gasteiger partial charge < -0.3 is 10.6 Å². The normalized spacial score (nSPS) is 13.8. The molecule has 0 unspecified atom stereocenters. The van der Waals surface area contributed by atoms with Crippen molar-refractivity contribution in [3.8, 4) is 0 Å². The third-order valence-corrected chi connectivity index (χ3v) is 4.57. The summed E-state index contributed by atoms with van der Waals surface area (Å²) in [5.74, 6) is -0.342. The first kappa shape index (κ1) is 13.6. The van der Waals surface area contributed by atoms with Crippen molar-refractivity contribution < 1.29 is 9.72 Å². The number of anilines is 1. The Morgan fingerprint density at radius 2 is 2.19 bits per heavy atom. The number of carbonyl (C=O) groups is 1. The zero-order chi connectivity index (χ0) is 15.0. The first-order valence-corrected chi connectivity index (χ1v) is 7.32. The van der Waals surface area contributed by atoms with Gasteiger partial charge in [0.05, 0.1) is 4.92 Å². The number of fused-ring (bicyclic) bond motifs is 1. The highest BCUT2D eigenvalue weighted by Crippen LogP contribution is 2.28. The van der Waals surface area contributed by atoms with Gasteiger partial charge in [-0.15, -0.1) is 11.3 Å². The Bertz CT molecular complexity index is 726. The number of nitrogens with zero attached hydrogens (tertiary/aromatic N) is 2. The van der Waals surface area contributed by atoms with Crippen LogP contribution in [0.5, 0.6) is 0 Å². The molecule has 2 N–H and O–H groups in total. The minimum absolute atomic E-state index is 0.0543. The Balaban J connectivity index is 1.93. The topological polar surface area (TPSA) is 89.5 Å². The molecule has 1 aliphatic heterocycles. The van der Waals surface area contributed by atoms with Gasteiger partial charge in [0.15, 0.2) is 0 Å². The Morgan fingerprint density at radius 3 is 2.95 bits per heavy atom. The molecule has 1 aromatic heterocycles. The van der Waals surface area contributed by atoms with E-state index in [0.29, 0.717) is 18.8 Å². The Hall–Kier alpha value is -2.41. The molecule has 1 amide bonds. The van der Waals surface area contributed by atoms with Crippen LogP contribution in [-0.4, -0.2) is 22.3 Å². The summed E-state index contributed by atoms with van der Waals surface area (Å²) in [7, 11) is 0. The van der Waals surface area contributed by atoms with E-state index in [2.05, 4.69) is 0 Å². The molecule has 6 nitrogen and oxygen atoms in total. The molecule has 0 atom stereocenters. The van der Waals surface area contributed by atoms with Gasteiger partial charge in [0.1, 0.15) is 5.56 Å². The van der Waals surface area contributed by atoms with Crippen molar-refractivity contribution in [1.29, 1.82) is 0 Å². The summed E-state index contributed by atoms with van der Waals surface area (Å²) >= 11 is 1.68. The summed E-state index contributed by atoms with van der Waals surface area (Å²) in [6.07, 6.45) is 0.787. The van der Waals surface area contributed by atoms with E-state index in [0.717, 1.165) is 12.0 Å². The van der Waals surface area contributed by atoms with Gasteiger partial charge in [-0.05, 0) is 35.6 Å². The van der Waals surface area contributed by atoms with E-state index in [1.807, 2.05) is 11.4 Å². The van der Waals surface area contributed by atoms with E-state index >= 15 is 0 Å². The number of nitro groups is 1. The van der Waals surface area contributed by atoms with Crippen molar-refractivity contribution in [2.75, 3.05) is 12.3 Å². The van der Waals surface area contributed by atoms with Gasteiger partial charge in [0.25, 0.3) is 11.6 Å². The van der Waals surface area contributed by atoms with Crippen LogP contribution < -0.4 is 5.73 Å². The number of rotatable bonds is 2. The second-order valence-electron chi connectivity index (χ2n) is 4.88. The number of amides is 1. The number of hydrogen-bond acceptors (Lipinski definition) is 5. The summed E-state index contributed by atoms with van der Waals surface area (Å²) in [4.78, 5) is 26.0. The predicted molar refractivity (Wildman–Crippen MR) is 80.3 cm³/mol. The van der Waals surface area contributed by atoms with Gasteiger partial charge in [-0.1, -0.05) is 0 Å². The highest BCUT2D eigenvalue weighted by molar-refractivity contribution is 7.10. The van der Waals surface area contributed by atoms with E-state index in [1.165, 1.54) is 23.1 Å². The summed E-state index contributed by atoms with van der Waals surface area (Å²) in [5.41, 5.74) is 6.98. The zero-order valence-electron chi connectivity index (χ0n) is 11.1. The van der Waals surface area contributed by atoms with E-state index < -0.39 is 4.92 Å². The Labute approximate surface area is 124 Å². The maximum atomic E-state index is 12.6. The number of thiophene rings is 1. The third-order valence-electron chi connectivity index (χ3n) is 3.54. The summed E-state index contributed by atoms with van der Waals surface area (Å²) in [6.45, 7) is 1.06. The van der Waals surface area contributed by atoms with Crippen molar-refractivity contribution in [3.63, 3.8) is 0 Å². The molecule has 21 heavy (non-hydrogen) atoms. The van der Waals surface area contributed by atoms with Crippen LogP contribution in [0.4, 0.5) is 11.4 Å². The van der Waals surface area contributed by atoms with Crippen LogP contribution in [0.3, 0.4) is 0 Å². The lowest BCUT2D eigenvalue weighted by atomic mass is 10.1. The third kappa shape index (κ3) is 2.47. The zero-order valence-corrected chi connectivity index (χ0v) is 11.9. The first-order valence-electron chi connectivity index (χ1n) is 6.44. The van der Waals surface area contributed by atoms with Crippen LogP contribution >= 0.6 is 11.3 Å². The summed E-state index contributed by atoms with van der Waals surface area (Å²) in [5, 5.41) is 13.1. The van der Waals surface area contributed by atoms with Gasteiger partial charge in [-0.25, -0.2) is 0 Å². The Kier molecular flexibility index (Phi) is 3.34. The Morgan fingerprint density at radius 1 is 1.38 bits per heavy atom. The second kappa shape index (κ2) is 5.17. The van der Waals surface area contributed by atoms with Crippen LogP contribution in [0.1, 0.15) is 20.8 Å². The number of carbonyl (C=O) groups excluding carboxylic acids is 1. The maximum Gasteiger partial charge on any atom is 0.282 e. The van der Waals surface area contributed by atoms with Crippen molar-refractivity contribution in [3.05, 3.63) is 55.8 Å². The van der Waals surface area contributed by atoms with Crippen molar-refractivity contribution in [1.82, 2.24) is 4.90 Å². The number of nitrogens with two attached hydrogens (primary N) is 1. The fourth-order valence-corrected chi connectivity index (χ4v) is 3.37. The van der Waals surface area contributed by atoms with E-state index in [9.17, 15) is 14.9 Å². The average Bonchev–Trinajstić information content (AvgIpc) is 2.93. The lowest BCUT2D eigenvalue weighted by Crippen LogP contribution is -2.35. The summed E-state index contributed by atoms with van der Waals surface area (Å²) < 4.78 is 0. The number of nitrogen functional groups attached to an aromatic ring is 1. The van der Waals surface area contributed by atoms with Crippen molar-refractivity contribution in [2.24, 2.45) is 0 Å². The van der Waals surface area contributed by atoms with Gasteiger partial charge in [0, 0.05) is 29.7 Å². The van der Waals surface area contributed by atoms with Gasteiger partial charge in [-0.3, -0.25) is 14.9 Å². The molecular formula is C14H13N3O3S. The molecule has 108 valence electrons. The molecule has 0 bridgehead atoms. The van der Waals surface area contributed by atoms with E-state index in [4.69, 9.17) is 5.73 Å². The van der Waals surface area contributed by atoms with Crippen LogP contribution in [-0.2, 0) is 13.0 Å². The molecule has 0 saturated heterocycles. The average molecular weight is 303 g/mol. The molecule has 0 radical (unpaired) electrons. The molecule has 1 aliphatic rings. The molecule has 0 saturated carbocycles. The van der Waals surface area contributed by atoms with Crippen molar-refractivity contribution in [2.45, 2.75) is 13.0 Å². The van der Waals surface area contributed by atoms with E-state index in [-0.39, 0.29) is 17.2 Å². The smallest absolute Gasteiger partial charge is 0.282 e. The highest BCUT2D eigenvalue weighted by atomic mass is 32.1. The molecule has 0 spiro atoms. The lowest BCUT2D eigenvalue weighted by molar-refractivity contribution is -0.385. The fourth-order valence-electron chi connectivity index (χ4n) is 2.48. The van der Waals surface area contributed by atoms with Crippen LogP contribution in [0.25, 0.3) is 0 Å². The number of nitro benzene ring substituents is 1. The molecule has 2 heterocycles. The first-order chi connectivity index (χ1) is 10.1. The number of hydrogen-bond donors (Lipinski definition) is 1. The van der Waals surface area contributed by atoms with Gasteiger partial charge >= 0.3 is 0 Å². The van der Waals surface area contributed by atoms with Crippen LogP contribution in [0.15, 0.2) is 29.6 Å². The molecule has 7 heteroatoms. The van der Waals surface area contributed by atoms with E-state index in [1.54, 1.807) is 16.2 Å². The SMILES string of the molecule is Nc1ccc([N+](=O)[O-])c(C(=O)N2CCc3sccc3C2)c1. The van der Waals surface area contributed by atoms with Crippen LogP contribution in [0, 0.1) is 10.1 Å².